The van der Waals surface area contributed by atoms with Crippen molar-refractivity contribution in [2.75, 3.05) is 19.8 Å². The second kappa shape index (κ2) is 9.76. The first kappa shape index (κ1) is 15.9. The Bertz CT molecular complexity index is 187. The molecule has 0 aromatic heterocycles. The van der Waals surface area contributed by atoms with E-state index < -0.39 is 0 Å². The highest BCUT2D eigenvalue weighted by molar-refractivity contribution is 4.79. The first-order valence-electron chi connectivity index (χ1n) is 7.78. The molecule has 0 spiro atoms. The van der Waals surface area contributed by atoms with Gasteiger partial charge in [-0.15, -0.1) is 0 Å². The van der Waals surface area contributed by atoms with Gasteiger partial charge in [0, 0.05) is 19.3 Å². The maximum Gasteiger partial charge on any atom is 0.0727 e. The van der Waals surface area contributed by atoms with E-state index >= 15 is 0 Å². The first-order valence-corrected chi connectivity index (χ1v) is 7.78. The van der Waals surface area contributed by atoms with Crippen molar-refractivity contribution < 1.29 is 9.47 Å². The largest absolute Gasteiger partial charge is 0.378 e. The van der Waals surface area contributed by atoms with Crippen LogP contribution in [0.25, 0.3) is 0 Å². The lowest BCUT2D eigenvalue weighted by Gasteiger charge is -2.28. The zero-order valence-electron chi connectivity index (χ0n) is 12.4. The number of hydrogen-bond donors (Lipinski definition) is 1. The fraction of sp³-hybridized carbons (Fsp3) is 1.00. The van der Waals surface area contributed by atoms with Crippen LogP contribution in [-0.4, -0.2) is 38.0 Å². The minimum Gasteiger partial charge on any atom is -0.378 e. The van der Waals surface area contributed by atoms with Crippen molar-refractivity contribution in [3.05, 3.63) is 0 Å². The van der Waals surface area contributed by atoms with E-state index in [9.17, 15) is 0 Å². The summed E-state index contributed by atoms with van der Waals surface area (Å²) in [6.07, 6.45) is 8.01. The fourth-order valence-corrected chi connectivity index (χ4v) is 2.82. The Kier molecular flexibility index (Phi) is 8.64. The Balaban J connectivity index is 2.38. The highest BCUT2D eigenvalue weighted by atomic mass is 16.5. The molecular formula is C15H31NO2. The van der Waals surface area contributed by atoms with Crippen LogP contribution >= 0.6 is 0 Å². The summed E-state index contributed by atoms with van der Waals surface area (Å²) < 4.78 is 11.6. The van der Waals surface area contributed by atoms with Crippen LogP contribution in [0.5, 0.6) is 0 Å². The average molecular weight is 257 g/mol. The molecule has 0 aromatic carbocycles. The minimum absolute atomic E-state index is 0.362. The molecule has 1 fully saturated rings. The van der Waals surface area contributed by atoms with Crippen LogP contribution in [-0.2, 0) is 9.47 Å². The molecular weight excluding hydrogens is 226 g/mol. The Morgan fingerprint density at radius 3 is 2.67 bits per heavy atom. The number of nitrogens with one attached hydrogen (secondary N) is 1. The van der Waals surface area contributed by atoms with E-state index in [2.05, 4.69) is 26.1 Å². The van der Waals surface area contributed by atoms with Gasteiger partial charge in [-0.1, -0.05) is 20.3 Å². The molecule has 108 valence electrons. The Hall–Kier alpha value is -0.120. The van der Waals surface area contributed by atoms with Crippen LogP contribution in [0.2, 0.25) is 0 Å². The SMILES string of the molecule is CCCC(OCC)C(CCC1CCCO1)NCC. The standard InChI is InChI=1S/C15H31NO2/c1-4-8-15(17-6-3)14(16-5-2)11-10-13-9-7-12-18-13/h13-16H,4-12H2,1-3H3. The van der Waals surface area contributed by atoms with E-state index in [1.54, 1.807) is 0 Å². The van der Waals surface area contributed by atoms with Gasteiger partial charge in [-0.05, 0) is 45.6 Å². The average Bonchev–Trinajstić information content (AvgIpc) is 2.87. The molecule has 1 aliphatic rings. The molecule has 1 N–H and O–H groups in total. The van der Waals surface area contributed by atoms with Gasteiger partial charge in [0.15, 0.2) is 0 Å². The predicted molar refractivity (Wildman–Crippen MR) is 76.0 cm³/mol. The van der Waals surface area contributed by atoms with E-state index in [0.29, 0.717) is 18.2 Å². The van der Waals surface area contributed by atoms with Gasteiger partial charge in [0.1, 0.15) is 0 Å². The van der Waals surface area contributed by atoms with Gasteiger partial charge in [0.25, 0.3) is 0 Å². The highest BCUT2D eigenvalue weighted by Gasteiger charge is 2.23. The second-order valence-corrected chi connectivity index (χ2v) is 5.16. The van der Waals surface area contributed by atoms with Gasteiger partial charge < -0.3 is 14.8 Å². The Morgan fingerprint density at radius 2 is 2.11 bits per heavy atom. The summed E-state index contributed by atoms with van der Waals surface area (Å²) in [7, 11) is 0. The summed E-state index contributed by atoms with van der Waals surface area (Å²) in [6, 6.07) is 0.485. The lowest BCUT2D eigenvalue weighted by atomic mass is 9.98. The van der Waals surface area contributed by atoms with Crippen LogP contribution < -0.4 is 5.32 Å². The van der Waals surface area contributed by atoms with Crippen molar-refractivity contribution in [3.8, 4) is 0 Å². The van der Waals surface area contributed by atoms with Gasteiger partial charge in [0.05, 0.1) is 12.2 Å². The third-order valence-electron chi connectivity index (χ3n) is 3.69. The number of likely N-dealkylation sites (N-methyl/N-ethyl adjacent to an activating group) is 1. The lowest BCUT2D eigenvalue weighted by molar-refractivity contribution is 0.0201. The topological polar surface area (TPSA) is 30.5 Å². The van der Waals surface area contributed by atoms with Crippen molar-refractivity contribution >= 4 is 0 Å². The molecule has 3 nitrogen and oxygen atoms in total. The second-order valence-electron chi connectivity index (χ2n) is 5.16. The number of rotatable bonds is 10. The van der Waals surface area contributed by atoms with Crippen molar-refractivity contribution in [2.24, 2.45) is 0 Å². The Morgan fingerprint density at radius 1 is 1.28 bits per heavy atom. The fourth-order valence-electron chi connectivity index (χ4n) is 2.82. The van der Waals surface area contributed by atoms with E-state index in [0.717, 1.165) is 26.2 Å². The van der Waals surface area contributed by atoms with Gasteiger partial charge in [-0.25, -0.2) is 0 Å². The zero-order chi connectivity index (χ0) is 13.2. The summed E-state index contributed by atoms with van der Waals surface area (Å²) in [4.78, 5) is 0. The number of hydrogen-bond acceptors (Lipinski definition) is 3. The molecule has 0 aromatic rings. The molecule has 3 unspecified atom stereocenters. The summed E-state index contributed by atoms with van der Waals surface area (Å²) in [6.45, 7) is 9.28. The molecule has 0 radical (unpaired) electrons. The summed E-state index contributed by atoms with van der Waals surface area (Å²) in [5.74, 6) is 0. The third-order valence-corrected chi connectivity index (χ3v) is 3.69. The molecule has 1 saturated heterocycles. The van der Waals surface area contributed by atoms with Crippen LogP contribution in [0.4, 0.5) is 0 Å². The summed E-state index contributed by atoms with van der Waals surface area (Å²) in [5.41, 5.74) is 0. The van der Waals surface area contributed by atoms with Crippen LogP contribution in [0.3, 0.4) is 0 Å². The molecule has 3 heteroatoms. The third kappa shape index (κ3) is 5.68. The van der Waals surface area contributed by atoms with E-state index in [4.69, 9.17) is 9.47 Å². The summed E-state index contributed by atoms with van der Waals surface area (Å²) in [5, 5.41) is 3.60. The predicted octanol–water partition coefficient (Wildman–Crippen LogP) is 3.13. The Labute approximate surface area is 113 Å². The van der Waals surface area contributed by atoms with Gasteiger partial charge in [0.2, 0.25) is 0 Å². The quantitative estimate of drug-likeness (QED) is 0.652. The van der Waals surface area contributed by atoms with E-state index in [1.165, 1.54) is 32.1 Å². The first-order chi connectivity index (χ1) is 8.81. The monoisotopic (exact) mass is 257 g/mol. The van der Waals surface area contributed by atoms with Gasteiger partial charge >= 0.3 is 0 Å². The van der Waals surface area contributed by atoms with Crippen LogP contribution in [0.15, 0.2) is 0 Å². The lowest BCUT2D eigenvalue weighted by Crippen LogP contribution is -2.42. The van der Waals surface area contributed by atoms with Crippen molar-refractivity contribution in [2.45, 2.75) is 77.5 Å². The zero-order valence-corrected chi connectivity index (χ0v) is 12.4. The molecule has 0 amide bonds. The van der Waals surface area contributed by atoms with Crippen molar-refractivity contribution in [1.29, 1.82) is 0 Å². The molecule has 18 heavy (non-hydrogen) atoms. The minimum atomic E-state index is 0.362. The molecule has 1 rings (SSSR count). The molecule has 1 aliphatic heterocycles. The maximum atomic E-state index is 5.91. The maximum absolute atomic E-state index is 5.91. The highest BCUT2D eigenvalue weighted by Crippen LogP contribution is 2.20. The van der Waals surface area contributed by atoms with Crippen LogP contribution in [0.1, 0.15) is 59.3 Å². The molecule has 0 bridgehead atoms. The molecule has 0 aliphatic carbocycles. The van der Waals surface area contributed by atoms with Gasteiger partial charge in [-0.2, -0.15) is 0 Å². The van der Waals surface area contributed by atoms with Crippen LogP contribution in [0, 0.1) is 0 Å². The van der Waals surface area contributed by atoms with E-state index in [-0.39, 0.29) is 0 Å². The molecule has 3 atom stereocenters. The smallest absolute Gasteiger partial charge is 0.0727 e. The normalized spacial score (nSPS) is 23.2. The van der Waals surface area contributed by atoms with Crippen molar-refractivity contribution in [3.63, 3.8) is 0 Å². The molecule has 0 saturated carbocycles. The van der Waals surface area contributed by atoms with E-state index in [1.807, 2.05) is 0 Å². The number of ether oxygens (including phenoxy) is 2. The van der Waals surface area contributed by atoms with Gasteiger partial charge in [-0.3, -0.25) is 0 Å². The van der Waals surface area contributed by atoms with Crippen molar-refractivity contribution in [1.82, 2.24) is 5.32 Å². The molecule has 1 heterocycles. The summed E-state index contributed by atoms with van der Waals surface area (Å²) >= 11 is 0.